The van der Waals surface area contributed by atoms with Gasteiger partial charge in [-0.15, -0.1) is 11.3 Å². The summed E-state index contributed by atoms with van der Waals surface area (Å²) >= 11 is 1.76. The molecule has 0 spiro atoms. The Morgan fingerprint density at radius 1 is 0.442 bits per heavy atom. The molecule has 0 aliphatic rings. The first kappa shape index (κ1) is 29.1. The van der Waals surface area contributed by atoms with Crippen molar-refractivity contribution in [3.05, 3.63) is 170 Å². The highest BCUT2D eigenvalue weighted by atomic mass is 32.1. The smallest absolute Gasteiger partial charge is 0.161 e. The molecule has 0 unspecified atom stereocenters. The molecule has 4 heteroatoms. The highest BCUT2D eigenvalue weighted by Crippen LogP contribution is 2.44. The van der Waals surface area contributed by atoms with Crippen LogP contribution in [0.3, 0.4) is 0 Å². The van der Waals surface area contributed by atoms with E-state index >= 15 is 0 Å². The highest BCUT2D eigenvalue weighted by molar-refractivity contribution is 7.26. The lowest BCUT2D eigenvalue weighted by molar-refractivity contribution is 0.670. The van der Waals surface area contributed by atoms with Crippen molar-refractivity contribution in [3.63, 3.8) is 0 Å². The fraction of sp³-hybridized carbons (Fsp3) is 0. The van der Waals surface area contributed by atoms with Crippen molar-refractivity contribution >= 4 is 75.1 Å². The minimum Gasteiger partial charge on any atom is -0.455 e. The number of hydrogen-bond donors (Lipinski definition) is 0. The van der Waals surface area contributed by atoms with E-state index in [1.54, 1.807) is 11.3 Å². The first-order valence-electron chi connectivity index (χ1n) is 17.5. The topological polar surface area (TPSA) is 38.9 Å². The predicted octanol–water partition coefficient (Wildman–Crippen LogP) is 13.7. The number of fused-ring (bicyclic) bond motifs is 8. The summed E-state index contributed by atoms with van der Waals surface area (Å²) in [6, 6.07) is 60.2. The van der Waals surface area contributed by atoms with Crippen LogP contribution in [0.4, 0.5) is 0 Å². The fourth-order valence-electron chi connectivity index (χ4n) is 7.71. The monoisotopic (exact) mass is 680 g/mol. The number of para-hydroxylation sites is 1. The molecule has 0 aliphatic heterocycles. The number of furan rings is 1. The summed E-state index contributed by atoms with van der Waals surface area (Å²) in [5.41, 5.74) is 10.2. The van der Waals surface area contributed by atoms with Gasteiger partial charge in [-0.1, -0.05) is 127 Å². The van der Waals surface area contributed by atoms with Crippen LogP contribution in [0, 0.1) is 0 Å². The van der Waals surface area contributed by atoms with Crippen LogP contribution in [0.2, 0.25) is 0 Å². The molecular formula is C48H28N2OS. The van der Waals surface area contributed by atoms with E-state index in [2.05, 4.69) is 158 Å². The minimum atomic E-state index is 0.689. The molecular weight excluding hydrogens is 653 g/mol. The van der Waals surface area contributed by atoms with E-state index in [1.165, 1.54) is 37.4 Å². The zero-order valence-corrected chi connectivity index (χ0v) is 28.7. The highest BCUT2D eigenvalue weighted by Gasteiger charge is 2.22. The van der Waals surface area contributed by atoms with Crippen LogP contribution in [0.5, 0.6) is 0 Å². The molecule has 0 fully saturated rings. The Morgan fingerprint density at radius 2 is 1.08 bits per heavy atom. The number of aromatic nitrogens is 2. The lowest BCUT2D eigenvalue weighted by Crippen LogP contribution is -1.95. The van der Waals surface area contributed by atoms with Gasteiger partial charge in [0.1, 0.15) is 11.2 Å². The Hall–Kier alpha value is -6.62. The molecule has 242 valence electrons. The molecule has 0 atom stereocenters. The molecule has 0 radical (unpaired) electrons. The van der Waals surface area contributed by atoms with E-state index in [0.717, 1.165) is 65.5 Å². The van der Waals surface area contributed by atoms with E-state index in [1.807, 2.05) is 12.1 Å². The lowest BCUT2D eigenvalue weighted by Gasteiger charge is -2.11. The number of benzene rings is 8. The second-order valence-corrected chi connectivity index (χ2v) is 14.4. The zero-order valence-electron chi connectivity index (χ0n) is 27.9. The third-order valence-corrected chi connectivity index (χ3v) is 11.4. The SMILES string of the molecule is c1ccc(-c2ccc3cc(-c4ccc(-c5nc(-c6ccc7ccccc7c6)c6sc7ccccc7c6n5)c5c4oc4ccccc45)ccc3c2)cc1. The molecule has 11 aromatic rings. The molecule has 3 heterocycles. The molecule has 0 saturated heterocycles. The molecule has 11 rings (SSSR count). The van der Waals surface area contributed by atoms with Crippen LogP contribution in [0.1, 0.15) is 0 Å². The normalized spacial score (nSPS) is 11.8. The summed E-state index contributed by atoms with van der Waals surface area (Å²) in [7, 11) is 0. The summed E-state index contributed by atoms with van der Waals surface area (Å²) in [4.78, 5) is 10.8. The van der Waals surface area contributed by atoms with E-state index in [9.17, 15) is 0 Å². The van der Waals surface area contributed by atoms with Gasteiger partial charge in [-0.25, -0.2) is 9.97 Å². The van der Waals surface area contributed by atoms with Gasteiger partial charge < -0.3 is 4.42 Å². The Labute approximate surface area is 303 Å². The quantitative estimate of drug-likeness (QED) is 0.186. The third-order valence-electron chi connectivity index (χ3n) is 10.3. The van der Waals surface area contributed by atoms with Gasteiger partial charge in [-0.2, -0.15) is 0 Å². The van der Waals surface area contributed by atoms with Gasteiger partial charge in [0.25, 0.3) is 0 Å². The van der Waals surface area contributed by atoms with Gasteiger partial charge in [-0.3, -0.25) is 0 Å². The van der Waals surface area contributed by atoms with Crippen molar-refractivity contribution in [1.29, 1.82) is 0 Å². The van der Waals surface area contributed by atoms with E-state index in [4.69, 9.17) is 14.4 Å². The minimum absolute atomic E-state index is 0.689. The molecule has 0 saturated carbocycles. The maximum absolute atomic E-state index is 6.74. The molecule has 3 aromatic heterocycles. The number of rotatable bonds is 4. The summed E-state index contributed by atoms with van der Waals surface area (Å²) in [5.74, 6) is 0.689. The largest absolute Gasteiger partial charge is 0.455 e. The number of thiophene rings is 1. The standard InChI is InChI=1S/C48H28N2OS/c1-2-10-29(11-3-1)32-19-20-34-27-35(22-21-33(34)26-32)37-24-25-40(43-38-14-6-8-16-41(38)51-46(37)43)48-49-44(36-23-18-30-12-4-5-13-31(30)28-36)47-45(50-48)39-15-7-9-17-42(39)52-47/h1-28H. The predicted molar refractivity (Wildman–Crippen MR) is 219 cm³/mol. The van der Waals surface area contributed by atoms with Crippen molar-refractivity contribution in [2.75, 3.05) is 0 Å². The molecule has 8 aromatic carbocycles. The second kappa shape index (κ2) is 11.5. The van der Waals surface area contributed by atoms with Crippen LogP contribution in [0.15, 0.2) is 174 Å². The summed E-state index contributed by atoms with van der Waals surface area (Å²) < 4.78 is 9.04. The van der Waals surface area contributed by atoms with E-state index in [0.29, 0.717) is 5.82 Å². The average Bonchev–Trinajstić information content (AvgIpc) is 3.79. The van der Waals surface area contributed by atoms with Gasteiger partial charge in [-0.05, 0) is 80.7 Å². The van der Waals surface area contributed by atoms with Crippen molar-refractivity contribution in [1.82, 2.24) is 9.97 Å². The van der Waals surface area contributed by atoms with Crippen molar-refractivity contribution in [3.8, 4) is 44.9 Å². The summed E-state index contributed by atoms with van der Waals surface area (Å²) in [5, 5.41) is 8.00. The zero-order chi connectivity index (χ0) is 34.2. The van der Waals surface area contributed by atoms with Crippen molar-refractivity contribution in [2.24, 2.45) is 0 Å². The van der Waals surface area contributed by atoms with Crippen molar-refractivity contribution < 1.29 is 4.42 Å². The number of nitrogens with zero attached hydrogens (tertiary/aromatic N) is 2. The van der Waals surface area contributed by atoms with Gasteiger partial charge in [0, 0.05) is 37.5 Å². The van der Waals surface area contributed by atoms with Crippen LogP contribution in [0.25, 0.3) is 109 Å². The Morgan fingerprint density at radius 3 is 1.96 bits per heavy atom. The van der Waals surface area contributed by atoms with E-state index in [-0.39, 0.29) is 0 Å². The first-order valence-corrected chi connectivity index (χ1v) is 18.3. The molecule has 0 N–H and O–H groups in total. The third kappa shape index (κ3) is 4.58. The van der Waals surface area contributed by atoms with Crippen LogP contribution >= 0.6 is 11.3 Å². The van der Waals surface area contributed by atoms with Gasteiger partial charge in [0.15, 0.2) is 5.82 Å². The fourth-order valence-corrected chi connectivity index (χ4v) is 8.86. The molecule has 52 heavy (non-hydrogen) atoms. The van der Waals surface area contributed by atoms with Crippen LogP contribution < -0.4 is 0 Å². The van der Waals surface area contributed by atoms with Gasteiger partial charge in [0.05, 0.1) is 15.9 Å². The molecule has 0 aliphatic carbocycles. The number of hydrogen-bond acceptors (Lipinski definition) is 4. The summed E-state index contributed by atoms with van der Waals surface area (Å²) in [6.07, 6.45) is 0. The van der Waals surface area contributed by atoms with Gasteiger partial charge in [0.2, 0.25) is 0 Å². The maximum atomic E-state index is 6.74. The molecule has 0 bridgehead atoms. The Balaban J connectivity index is 1.14. The molecule has 3 nitrogen and oxygen atoms in total. The van der Waals surface area contributed by atoms with Crippen molar-refractivity contribution in [2.45, 2.75) is 0 Å². The van der Waals surface area contributed by atoms with Crippen LogP contribution in [-0.2, 0) is 0 Å². The second-order valence-electron chi connectivity index (χ2n) is 13.3. The summed E-state index contributed by atoms with van der Waals surface area (Å²) in [6.45, 7) is 0. The van der Waals surface area contributed by atoms with E-state index < -0.39 is 0 Å². The van der Waals surface area contributed by atoms with Gasteiger partial charge >= 0.3 is 0 Å². The lowest BCUT2D eigenvalue weighted by atomic mass is 9.95. The maximum Gasteiger partial charge on any atom is 0.161 e. The van der Waals surface area contributed by atoms with Crippen LogP contribution in [-0.4, -0.2) is 9.97 Å². The molecule has 0 amide bonds. The Bertz CT molecular complexity index is 3190. The first-order chi connectivity index (χ1) is 25.7. The average molecular weight is 681 g/mol. The Kier molecular flexibility index (Phi) is 6.42.